The number of benzene rings is 4. The summed E-state index contributed by atoms with van der Waals surface area (Å²) in [5.74, 6) is 0.214. The lowest BCUT2D eigenvalue weighted by Gasteiger charge is -2.12. The molecule has 4 aromatic carbocycles. The summed E-state index contributed by atoms with van der Waals surface area (Å²) in [5.41, 5.74) is 4.69. The van der Waals surface area contributed by atoms with E-state index in [-0.39, 0.29) is 12.5 Å². The van der Waals surface area contributed by atoms with Gasteiger partial charge in [-0.05, 0) is 56.5 Å². The van der Waals surface area contributed by atoms with Crippen molar-refractivity contribution in [3.8, 4) is 5.75 Å². The van der Waals surface area contributed by atoms with E-state index in [0.717, 1.165) is 16.3 Å². The van der Waals surface area contributed by atoms with Crippen molar-refractivity contribution in [2.75, 3.05) is 0 Å². The normalized spacial score (nSPS) is 11.1. The molecule has 4 nitrogen and oxygen atoms in total. The molecule has 0 aliphatic rings. The molecule has 0 atom stereocenters. The molecule has 7 heteroatoms. The minimum Gasteiger partial charge on any atom is -0.486 e. The average molecular weight is 528 g/mol. The van der Waals surface area contributed by atoms with Gasteiger partial charge in [0.25, 0.3) is 5.91 Å². The van der Waals surface area contributed by atoms with Gasteiger partial charge in [0.05, 0.1) is 15.7 Å². The predicted octanol–water partition coefficient (Wildman–Crippen LogP) is 7.25. The van der Waals surface area contributed by atoms with Crippen LogP contribution >= 0.6 is 39.1 Å². The summed E-state index contributed by atoms with van der Waals surface area (Å²) in [5, 5.41) is 6.98. The van der Waals surface area contributed by atoms with Crippen LogP contribution in [0.1, 0.15) is 21.5 Å². The van der Waals surface area contributed by atoms with Gasteiger partial charge in [0.2, 0.25) is 0 Å². The molecule has 0 aromatic heterocycles. The molecule has 32 heavy (non-hydrogen) atoms. The van der Waals surface area contributed by atoms with Gasteiger partial charge in [0.1, 0.15) is 6.61 Å². The highest BCUT2D eigenvalue weighted by Crippen LogP contribution is 2.35. The van der Waals surface area contributed by atoms with E-state index in [1.807, 2.05) is 60.7 Å². The fraction of sp³-hybridized carbons (Fsp3) is 0.0400. The number of hydrogen-bond acceptors (Lipinski definition) is 3. The number of hydrogen-bond donors (Lipinski definition) is 1. The van der Waals surface area contributed by atoms with Gasteiger partial charge in [-0.1, -0.05) is 77.8 Å². The zero-order valence-corrected chi connectivity index (χ0v) is 19.8. The smallest absolute Gasteiger partial charge is 0.271 e. The van der Waals surface area contributed by atoms with E-state index in [2.05, 4.69) is 26.5 Å². The van der Waals surface area contributed by atoms with Crippen molar-refractivity contribution >= 4 is 62.0 Å². The topological polar surface area (TPSA) is 50.7 Å². The Balaban J connectivity index is 1.45. The summed E-state index contributed by atoms with van der Waals surface area (Å²) >= 11 is 16.1. The molecule has 0 fully saturated rings. The monoisotopic (exact) mass is 526 g/mol. The molecule has 1 amide bonds. The van der Waals surface area contributed by atoms with Crippen molar-refractivity contribution in [1.82, 2.24) is 5.43 Å². The van der Waals surface area contributed by atoms with E-state index in [4.69, 9.17) is 27.9 Å². The molecular formula is C25H17BrCl2N2O2. The minimum absolute atomic E-state index is 0.284. The quantitative estimate of drug-likeness (QED) is 0.212. The van der Waals surface area contributed by atoms with E-state index in [1.165, 1.54) is 6.21 Å². The van der Waals surface area contributed by atoms with Gasteiger partial charge in [-0.2, -0.15) is 5.10 Å². The highest BCUT2D eigenvalue weighted by molar-refractivity contribution is 9.10. The molecule has 4 aromatic rings. The van der Waals surface area contributed by atoms with Gasteiger partial charge >= 0.3 is 0 Å². The Hall–Kier alpha value is -2.86. The molecule has 0 bridgehead atoms. The molecule has 0 aliphatic heterocycles. The molecule has 1 N–H and O–H groups in total. The molecule has 0 unspecified atom stereocenters. The summed E-state index contributed by atoms with van der Waals surface area (Å²) in [7, 11) is 0. The van der Waals surface area contributed by atoms with Crippen LogP contribution in [0.15, 0.2) is 88.4 Å². The van der Waals surface area contributed by atoms with Gasteiger partial charge in [-0.3, -0.25) is 4.79 Å². The third-order valence-electron chi connectivity index (χ3n) is 4.76. The molecule has 0 saturated heterocycles. The van der Waals surface area contributed by atoms with Crippen LogP contribution in [0.4, 0.5) is 0 Å². The highest BCUT2D eigenvalue weighted by atomic mass is 79.9. The molecule has 0 saturated carbocycles. The number of nitrogens with zero attached hydrogens (tertiary/aromatic N) is 1. The summed E-state index contributed by atoms with van der Waals surface area (Å²) in [6.45, 7) is 0.284. The summed E-state index contributed by atoms with van der Waals surface area (Å²) in [6.07, 6.45) is 1.53. The van der Waals surface area contributed by atoms with E-state index < -0.39 is 0 Å². The van der Waals surface area contributed by atoms with Gasteiger partial charge in [0, 0.05) is 16.1 Å². The lowest BCUT2D eigenvalue weighted by atomic mass is 10.0. The first-order valence-electron chi connectivity index (χ1n) is 9.69. The van der Waals surface area contributed by atoms with E-state index >= 15 is 0 Å². The van der Waals surface area contributed by atoms with E-state index in [1.54, 1.807) is 18.2 Å². The number of rotatable bonds is 6. The number of carbonyl (C=O) groups excluding carboxylic acids is 1. The molecule has 0 spiro atoms. The van der Waals surface area contributed by atoms with Crippen LogP contribution in [-0.4, -0.2) is 12.1 Å². The molecule has 4 rings (SSSR count). The maximum atomic E-state index is 12.6. The Morgan fingerprint density at radius 3 is 2.53 bits per heavy atom. The van der Waals surface area contributed by atoms with Gasteiger partial charge in [0.15, 0.2) is 5.75 Å². The number of nitrogens with one attached hydrogen (secondary N) is 1. The van der Waals surface area contributed by atoms with Crippen LogP contribution in [0.5, 0.6) is 5.75 Å². The Bertz CT molecular complexity index is 1300. The first-order valence-corrected chi connectivity index (χ1v) is 11.2. The Labute approximate surface area is 203 Å². The standard InChI is InChI=1S/C25H17BrCl2N2O2/c26-21-12-16(13-23(28)24(21)32-15-18-7-2-4-11-22(18)27)14-29-30-25(31)20-10-5-8-17-6-1-3-9-19(17)20/h1-14H,15H2,(H,30,31)/b29-14-. The second-order valence-corrected chi connectivity index (χ2v) is 8.59. The largest absolute Gasteiger partial charge is 0.486 e. The molecular weight excluding hydrogens is 511 g/mol. The van der Waals surface area contributed by atoms with Crippen LogP contribution in [0.25, 0.3) is 10.8 Å². The SMILES string of the molecule is O=C(N/N=C\c1cc(Cl)c(OCc2ccccc2Cl)c(Br)c1)c1cccc2ccccc12. The van der Waals surface area contributed by atoms with Crippen LogP contribution in [-0.2, 0) is 6.61 Å². The van der Waals surface area contributed by atoms with Crippen molar-refractivity contribution in [3.63, 3.8) is 0 Å². The second kappa shape index (κ2) is 10.2. The highest BCUT2D eigenvalue weighted by Gasteiger charge is 2.11. The third-order valence-corrected chi connectivity index (χ3v) is 6.00. The van der Waals surface area contributed by atoms with Gasteiger partial charge in [-0.25, -0.2) is 5.43 Å². The number of ether oxygens (including phenoxy) is 1. The van der Waals surface area contributed by atoms with Gasteiger partial charge < -0.3 is 4.74 Å². The van der Waals surface area contributed by atoms with Gasteiger partial charge in [-0.15, -0.1) is 0 Å². The average Bonchev–Trinajstić information content (AvgIpc) is 2.79. The predicted molar refractivity (Wildman–Crippen MR) is 134 cm³/mol. The lowest BCUT2D eigenvalue weighted by molar-refractivity contribution is 0.0957. The fourth-order valence-corrected chi connectivity index (χ4v) is 4.39. The van der Waals surface area contributed by atoms with Crippen molar-refractivity contribution < 1.29 is 9.53 Å². The number of hydrazone groups is 1. The van der Waals surface area contributed by atoms with Crippen LogP contribution in [0.3, 0.4) is 0 Å². The van der Waals surface area contributed by atoms with Crippen molar-refractivity contribution in [2.24, 2.45) is 5.10 Å². The first-order chi connectivity index (χ1) is 15.5. The summed E-state index contributed by atoms with van der Waals surface area (Å²) in [6, 6.07) is 24.3. The Morgan fingerprint density at radius 1 is 0.969 bits per heavy atom. The maximum Gasteiger partial charge on any atom is 0.271 e. The molecule has 0 heterocycles. The summed E-state index contributed by atoms with van der Waals surface area (Å²) in [4.78, 5) is 12.6. The maximum absolute atomic E-state index is 12.6. The zero-order chi connectivity index (χ0) is 22.5. The van der Waals surface area contributed by atoms with Crippen LogP contribution in [0.2, 0.25) is 10.0 Å². The first kappa shape index (κ1) is 22.3. The van der Waals surface area contributed by atoms with Crippen molar-refractivity contribution in [3.05, 3.63) is 110 Å². The lowest BCUT2D eigenvalue weighted by Crippen LogP contribution is -2.17. The minimum atomic E-state index is -0.289. The van der Waals surface area contributed by atoms with E-state index in [0.29, 0.717) is 31.4 Å². The number of halogens is 3. The fourth-order valence-electron chi connectivity index (χ4n) is 3.21. The summed E-state index contributed by atoms with van der Waals surface area (Å²) < 4.78 is 6.52. The van der Waals surface area contributed by atoms with Crippen molar-refractivity contribution in [1.29, 1.82) is 0 Å². The van der Waals surface area contributed by atoms with E-state index in [9.17, 15) is 4.79 Å². The number of amides is 1. The van der Waals surface area contributed by atoms with Crippen molar-refractivity contribution in [2.45, 2.75) is 6.61 Å². The Morgan fingerprint density at radius 2 is 1.72 bits per heavy atom. The second-order valence-electron chi connectivity index (χ2n) is 6.92. The molecule has 0 aliphatic carbocycles. The van der Waals surface area contributed by atoms with Crippen LogP contribution < -0.4 is 10.2 Å². The molecule has 0 radical (unpaired) electrons. The number of carbonyl (C=O) groups is 1. The zero-order valence-electron chi connectivity index (χ0n) is 16.7. The molecule has 160 valence electrons. The third kappa shape index (κ3) is 5.13. The Kier molecular flexibility index (Phi) is 7.10. The number of fused-ring (bicyclic) bond motifs is 1. The van der Waals surface area contributed by atoms with Crippen LogP contribution in [0, 0.1) is 0 Å².